The van der Waals surface area contributed by atoms with Gasteiger partial charge in [-0.15, -0.1) is 0 Å². The Morgan fingerprint density at radius 2 is 1.48 bits per heavy atom. The van der Waals surface area contributed by atoms with Crippen molar-refractivity contribution >= 4 is 43.3 Å². The van der Waals surface area contributed by atoms with Gasteiger partial charge in [0.25, 0.3) is 0 Å². The minimum Gasteiger partial charge on any atom is -0.461 e. The molecule has 5 amide bonds. The second kappa shape index (κ2) is 20.7. The lowest BCUT2D eigenvalue weighted by Gasteiger charge is -2.36. The molecular formula is C41H50N5O11P. The van der Waals surface area contributed by atoms with E-state index in [0.717, 1.165) is 17.5 Å². The Morgan fingerprint density at radius 3 is 2.14 bits per heavy atom. The highest BCUT2D eigenvalue weighted by molar-refractivity contribution is 7.46. The number of hydrogen-bond donors (Lipinski definition) is 6. The molecule has 0 aromatic heterocycles. The van der Waals surface area contributed by atoms with Crippen molar-refractivity contribution in [2.75, 3.05) is 0 Å². The smallest absolute Gasteiger partial charge is 0.461 e. The van der Waals surface area contributed by atoms with Crippen LogP contribution in [0.1, 0.15) is 74.5 Å². The van der Waals surface area contributed by atoms with Crippen LogP contribution in [-0.2, 0) is 57.6 Å². The second-order valence-corrected chi connectivity index (χ2v) is 15.7. The van der Waals surface area contributed by atoms with Gasteiger partial charge in [-0.3, -0.25) is 38.6 Å². The van der Waals surface area contributed by atoms with E-state index in [2.05, 4.69) is 20.5 Å². The number of phosphoric acid groups is 1. The molecule has 5 atom stereocenters. The van der Waals surface area contributed by atoms with Crippen molar-refractivity contribution in [3.05, 3.63) is 102 Å². The molecule has 0 spiro atoms. The van der Waals surface area contributed by atoms with Crippen LogP contribution in [0.25, 0.3) is 0 Å². The van der Waals surface area contributed by atoms with Gasteiger partial charge >= 0.3 is 13.8 Å². The van der Waals surface area contributed by atoms with E-state index in [1.807, 2.05) is 36.4 Å². The van der Waals surface area contributed by atoms with Crippen molar-refractivity contribution in [3.63, 3.8) is 0 Å². The number of fused-ring (bicyclic) bond motifs is 1. The van der Waals surface area contributed by atoms with Crippen LogP contribution in [-0.4, -0.2) is 74.4 Å². The van der Waals surface area contributed by atoms with Crippen LogP contribution in [0.3, 0.4) is 0 Å². The molecule has 5 rings (SSSR count). The van der Waals surface area contributed by atoms with Crippen molar-refractivity contribution in [2.45, 2.75) is 102 Å². The summed E-state index contributed by atoms with van der Waals surface area (Å²) < 4.78 is 21.4. The number of nitrogens with two attached hydrogens (primary N) is 1. The highest BCUT2D eigenvalue weighted by Crippen LogP contribution is 2.37. The maximum Gasteiger partial charge on any atom is 0.524 e. The summed E-state index contributed by atoms with van der Waals surface area (Å²) in [5.41, 5.74) is 7.52. The van der Waals surface area contributed by atoms with Crippen molar-refractivity contribution in [1.82, 2.24) is 20.9 Å². The molecule has 2 fully saturated rings. The minimum absolute atomic E-state index is 0.0125. The fraction of sp³-hybridized carbons (Fsp3) is 0.415. The maximum absolute atomic E-state index is 14.4. The van der Waals surface area contributed by atoms with Gasteiger partial charge < -0.3 is 35.8 Å². The zero-order valence-corrected chi connectivity index (χ0v) is 32.9. The average molecular weight is 820 g/mol. The molecule has 0 saturated carbocycles. The molecule has 0 bridgehead atoms. The molecule has 310 valence electrons. The third-order valence-corrected chi connectivity index (χ3v) is 10.7. The topological polar surface area (TPSA) is 244 Å². The van der Waals surface area contributed by atoms with Gasteiger partial charge in [-0.25, -0.2) is 4.57 Å². The molecule has 2 aliphatic rings. The van der Waals surface area contributed by atoms with E-state index in [-0.39, 0.29) is 57.0 Å². The molecule has 2 heterocycles. The minimum atomic E-state index is -4.80. The predicted octanol–water partition coefficient (Wildman–Crippen LogP) is 2.94. The van der Waals surface area contributed by atoms with Crippen molar-refractivity contribution < 1.29 is 52.4 Å². The Kier molecular flexibility index (Phi) is 15.6. The first-order valence-corrected chi connectivity index (χ1v) is 20.8. The number of nitrogens with zero attached hydrogens (tertiary/aromatic N) is 1. The summed E-state index contributed by atoms with van der Waals surface area (Å²) in [6.07, 6.45) is 2.63. The zero-order chi connectivity index (χ0) is 41.7. The molecule has 7 N–H and O–H groups in total. The van der Waals surface area contributed by atoms with E-state index >= 15 is 0 Å². The summed E-state index contributed by atoms with van der Waals surface area (Å²) in [7, 11) is -4.80. The molecule has 3 aromatic rings. The number of hydrogen-bond acceptors (Lipinski definition) is 9. The number of amides is 5. The number of esters is 1. The van der Waals surface area contributed by atoms with Gasteiger partial charge in [0.05, 0.1) is 12.3 Å². The largest absolute Gasteiger partial charge is 0.524 e. The lowest BCUT2D eigenvalue weighted by Crippen LogP contribution is -2.58. The standard InChI is InChI=1S/C41H50N5O11P/c42-36(47)22-20-33(39(50)43-25-28-9-3-1-4-10-28)44-40(51)35-21-17-31-13-7-8-14-34(41(52)46(31)35)45-38(49)30(24-37(48)56-26-29-11-5-2-6-12-29)23-27-15-18-32(19-16-27)57-58(53,54)55/h1-6,9-12,15-16,18-19,30-31,33-35H,7-8,13-14,17,20-26H2,(H2,42,47)(H,43,50)(H,44,51)(H,45,49)(H2,53,54,55)/t30-,31?,33+,34+,35+/m1/s1. The lowest BCUT2D eigenvalue weighted by atomic mass is 9.93. The normalized spacial score (nSPS) is 19.0. The SMILES string of the molecule is NC(=O)CC[C@H](NC(=O)[C@@H]1CCC2CCCC[C@H](NC(=O)[C@@H](CC(=O)OCc3ccccc3)Cc3ccc(OP(=O)(O)O)cc3)C(=O)N21)C(=O)NCc1ccccc1. The van der Waals surface area contributed by atoms with E-state index in [1.165, 1.54) is 29.2 Å². The molecular weight excluding hydrogens is 769 g/mol. The summed E-state index contributed by atoms with van der Waals surface area (Å²) >= 11 is 0. The van der Waals surface area contributed by atoms with E-state index < -0.39 is 67.4 Å². The van der Waals surface area contributed by atoms with E-state index in [9.17, 15) is 33.3 Å². The number of carbonyl (C=O) groups is 6. The Labute approximate surface area is 336 Å². The van der Waals surface area contributed by atoms with Crippen molar-refractivity contribution in [1.29, 1.82) is 0 Å². The van der Waals surface area contributed by atoms with Gasteiger partial charge in [0.1, 0.15) is 30.5 Å². The van der Waals surface area contributed by atoms with Crippen molar-refractivity contribution in [2.24, 2.45) is 11.7 Å². The second-order valence-electron chi connectivity index (χ2n) is 14.6. The number of benzene rings is 3. The number of phosphoric ester groups is 1. The van der Waals surface area contributed by atoms with Gasteiger partial charge in [0.2, 0.25) is 29.5 Å². The first-order valence-electron chi connectivity index (χ1n) is 19.3. The van der Waals surface area contributed by atoms with Crippen LogP contribution in [0.15, 0.2) is 84.9 Å². The van der Waals surface area contributed by atoms with Crippen LogP contribution < -0.4 is 26.2 Å². The molecule has 2 saturated heterocycles. The third kappa shape index (κ3) is 13.3. The highest BCUT2D eigenvalue weighted by Gasteiger charge is 2.45. The molecule has 0 aliphatic carbocycles. The van der Waals surface area contributed by atoms with Crippen LogP contribution in [0.2, 0.25) is 0 Å². The fourth-order valence-electron chi connectivity index (χ4n) is 7.31. The molecule has 2 aliphatic heterocycles. The zero-order valence-electron chi connectivity index (χ0n) is 32.0. The van der Waals surface area contributed by atoms with Crippen LogP contribution in [0.5, 0.6) is 5.75 Å². The monoisotopic (exact) mass is 819 g/mol. The van der Waals surface area contributed by atoms with Crippen molar-refractivity contribution in [3.8, 4) is 5.75 Å². The van der Waals surface area contributed by atoms with Crippen LogP contribution in [0, 0.1) is 5.92 Å². The Balaban J connectivity index is 1.29. The Bertz CT molecular complexity index is 1940. The predicted molar refractivity (Wildman–Crippen MR) is 210 cm³/mol. The van der Waals surface area contributed by atoms with Gasteiger partial charge in [-0.05, 0) is 67.3 Å². The highest BCUT2D eigenvalue weighted by atomic mass is 31.2. The fourth-order valence-corrected chi connectivity index (χ4v) is 7.70. The average Bonchev–Trinajstić information content (AvgIpc) is 3.62. The maximum atomic E-state index is 14.4. The molecule has 1 unspecified atom stereocenters. The third-order valence-electron chi connectivity index (χ3n) is 10.2. The first-order chi connectivity index (χ1) is 27.8. The van der Waals surface area contributed by atoms with Gasteiger partial charge in [-0.2, -0.15) is 0 Å². The van der Waals surface area contributed by atoms with Gasteiger partial charge in [-0.1, -0.05) is 85.6 Å². The molecule has 58 heavy (non-hydrogen) atoms. The van der Waals surface area contributed by atoms with Gasteiger partial charge in [0, 0.05) is 19.0 Å². The summed E-state index contributed by atoms with van der Waals surface area (Å²) in [4.78, 5) is 100. The summed E-state index contributed by atoms with van der Waals surface area (Å²) in [5, 5.41) is 8.42. The number of carbonyl (C=O) groups excluding carboxylic acids is 6. The summed E-state index contributed by atoms with van der Waals surface area (Å²) in [6, 6.07) is 20.5. The molecule has 17 heteroatoms. The van der Waals surface area contributed by atoms with Crippen LogP contribution in [0.4, 0.5) is 0 Å². The first kappa shape index (κ1) is 43.6. The van der Waals surface area contributed by atoms with Crippen LogP contribution >= 0.6 is 7.82 Å². The molecule has 16 nitrogen and oxygen atoms in total. The number of nitrogens with one attached hydrogen (secondary N) is 3. The van der Waals surface area contributed by atoms with E-state index in [1.54, 1.807) is 24.3 Å². The summed E-state index contributed by atoms with van der Waals surface area (Å²) in [5.74, 6) is -4.50. The number of ether oxygens (including phenoxy) is 1. The quantitative estimate of drug-likeness (QED) is 0.0805. The van der Waals surface area contributed by atoms with Gasteiger partial charge in [0.15, 0.2) is 0 Å². The molecule has 3 aromatic carbocycles. The molecule has 0 radical (unpaired) electrons. The summed E-state index contributed by atoms with van der Waals surface area (Å²) in [6.45, 7) is 0.184. The number of primary amides is 1. The Hall–Kier alpha value is -5.57. The van der Waals surface area contributed by atoms with E-state index in [4.69, 9.17) is 20.3 Å². The van der Waals surface area contributed by atoms with E-state index in [0.29, 0.717) is 31.2 Å². The Morgan fingerprint density at radius 1 is 0.828 bits per heavy atom. The number of rotatable bonds is 18. The lowest BCUT2D eigenvalue weighted by molar-refractivity contribution is -0.149.